The van der Waals surface area contributed by atoms with E-state index in [9.17, 15) is 4.79 Å². The molecule has 0 fully saturated rings. The number of aryl methyl sites for hydroxylation is 1. The molecule has 0 aromatic carbocycles. The minimum absolute atomic E-state index is 0.0210. The van der Waals surface area contributed by atoms with Gasteiger partial charge in [-0.25, -0.2) is 0 Å². The second kappa shape index (κ2) is 8.33. The fourth-order valence-corrected chi connectivity index (χ4v) is 3.38. The van der Waals surface area contributed by atoms with Crippen LogP contribution in [0.15, 0.2) is 30.0 Å². The summed E-state index contributed by atoms with van der Waals surface area (Å²) in [5.41, 5.74) is 3.54. The van der Waals surface area contributed by atoms with Gasteiger partial charge in [-0.2, -0.15) is 0 Å². The van der Waals surface area contributed by atoms with Crippen molar-refractivity contribution in [3.8, 4) is 5.75 Å². The van der Waals surface area contributed by atoms with Gasteiger partial charge in [0.15, 0.2) is 5.75 Å². The van der Waals surface area contributed by atoms with E-state index in [1.807, 2.05) is 26.0 Å². The molecule has 0 saturated heterocycles. The van der Waals surface area contributed by atoms with E-state index in [0.717, 1.165) is 23.1 Å². The van der Waals surface area contributed by atoms with E-state index in [2.05, 4.69) is 11.1 Å². The zero-order chi connectivity index (χ0) is 18.7. The number of hydrogen-bond donors (Lipinski definition) is 1. The molecule has 0 spiro atoms. The Balaban J connectivity index is 1.81. The van der Waals surface area contributed by atoms with Crippen molar-refractivity contribution in [2.75, 3.05) is 6.61 Å². The second-order valence-corrected chi connectivity index (χ2v) is 7.36. The van der Waals surface area contributed by atoms with Crippen molar-refractivity contribution >= 4 is 17.6 Å². The lowest BCUT2D eigenvalue weighted by atomic mass is 9.96. The second-order valence-electron chi connectivity index (χ2n) is 6.80. The number of carbonyl (C=O) groups is 1. The van der Waals surface area contributed by atoms with Gasteiger partial charge in [0.2, 0.25) is 0 Å². The van der Waals surface area contributed by atoms with E-state index in [-0.39, 0.29) is 30.0 Å². The average molecular weight is 378 g/mol. The maximum atomic E-state index is 12.4. The molecule has 3 atom stereocenters. The average Bonchev–Trinajstić information content (AvgIpc) is 3.06. The summed E-state index contributed by atoms with van der Waals surface area (Å²) in [5, 5.41) is 8.95. The summed E-state index contributed by atoms with van der Waals surface area (Å²) in [4.78, 5) is 16.8. The van der Waals surface area contributed by atoms with E-state index < -0.39 is 0 Å². The molecule has 0 amide bonds. The zero-order valence-electron chi connectivity index (χ0n) is 15.1. The molecule has 1 N–H and O–H groups in total. The van der Waals surface area contributed by atoms with Gasteiger partial charge in [-0.1, -0.05) is 25.2 Å². The number of ether oxygens (including phenoxy) is 2. The summed E-state index contributed by atoms with van der Waals surface area (Å²) in [6, 6.07) is 0. The van der Waals surface area contributed by atoms with Crippen molar-refractivity contribution in [1.29, 1.82) is 0 Å². The van der Waals surface area contributed by atoms with Gasteiger partial charge < -0.3 is 14.6 Å². The Labute approximate surface area is 158 Å². The minimum Gasteiger partial charge on any atom is -0.424 e. The summed E-state index contributed by atoms with van der Waals surface area (Å²) < 4.78 is 11.7. The van der Waals surface area contributed by atoms with Gasteiger partial charge in [0, 0.05) is 23.9 Å². The normalized spacial score (nSPS) is 22.7. The van der Waals surface area contributed by atoms with Gasteiger partial charge in [-0.15, -0.1) is 11.6 Å². The Morgan fingerprint density at radius 1 is 1.54 bits per heavy atom. The largest absolute Gasteiger partial charge is 0.424 e. The number of aliphatic hydroxyl groups is 1. The SMILES string of the molecule is Cc1ncc2c(c1OC(=O)C(C)CCCO)CO[C@H]2C1=CCC(Cl)C=C1. The van der Waals surface area contributed by atoms with Gasteiger partial charge in [0.1, 0.15) is 6.10 Å². The number of nitrogens with zero attached hydrogens (tertiary/aromatic N) is 1. The number of fused-ring (bicyclic) bond motifs is 1. The van der Waals surface area contributed by atoms with Crippen LogP contribution < -0.4 is 4.74 Å². The van der Waals surface area contributed by atoms with Crippen LogP contribution in [0.1, 0.15) is 49.1 Å². The lowest BCUT2D eigenvalue weighted by Gasteiger charge is -2.17. The highest BCUT2D eigenvalue weighted by molar-refractivity contribution is 6.22. The Bertz CT molecular complexity index is 744. The van der Waals surface area contributed by atoms with Crippen LogP contribution in [-0.2, 0) is 16.1 Å². The van der Waals surface area contributed by atoms with Crippen LogP contribution in [-0.4, -0.2) is 28.0 Å². The van der Waals surface area contributed by atoms with Crippen LogP contribution in [0.2, 0.25) is 0 Å². The monoisotopic (exact) mass is 377 g/mol. The quantitative estimate of drug-likeness (QED) is 0.603. The Hall–Kier alpha value is -1.69. The van der Waals surface area contributed by atoms with Crippen molar-refractivity contribution < 1.29 is 19.4 Å². The molecular weight excluding hydrogens is 354 g/mol. The molecule has 2 aliphatic rings. The minimum atomic E-state index is -0.304. The lowest BCUT2D eigenvalue weighted by molar-refractivity contribution is -0.138. The molecule has 3 rings (SSSR count). The number of aliphatic hydroxyl groups excluding tert-OH is 1. The number of pyridine rings is 1. The highest BCUT2D eigenvalue weighted by Gasteiger charge is 2.31. The number of rotatable bonds is 6. The molecule has 6 heteroatoms. The number of esters is 1. The summed E-state index contributed by atoms with van der Waals surface area (Å²) in [6.45, 7) is 4.09. The number of halogens is 1. The van der Waals surface area contributed by atoms with E-state index in [1.165, 1.54) is 0 Å². The predicted octanol–water partition coefficient (Wildman–Crippen LogP) is 3.77. The third kappa shape index (κ3) is 4.00. The lowest BCUT2D eigenvalue weighted by Crippen LogP contribution is -2.19. The standard InChI is InChI=1S/C20H24ClNO4/c1-12(4-3-9-23)20(24)26-18-13(2)22-10-16-17(18)11-25-19(16)14-5-7-15(21)8-6-14/h5-7,10,12,15,19,23H,3-4,8-9,11H2,1-2H3/t12?,15?,19-/m0/s1. The predicted molar refractivity (Wildman–Crippen MR) is 99.1 cm³/mol. The fraction of sp³-hybridized carbons (Fsp3) is 0.500. The first-order chi connectivity index (χ1) is 12.5. The number of carbonyl (C=O) groups excluding carboxylic acids is 1. The summed E-state index contributed by atoms with van der Waals surface area (Å²) >= 11 is 6.10. The maximum Gasteiger partial charge on any atom is 0.314 e. The van der Waals surface area contributed by atoms with Gasteiger partial charge >= 0.3 is 5.97 Å². The molecule has 1 aliphatic carbocycles. The molecule has 0 radical (unpaired) electrons. The molecule has 0 saturated carbocycles. The van der Waals surface area contributed by atoms with Gasteiger partial charge in [-0.3, -0.25) is 9.78 Å². The highest BCUT2D eigenvalue weighted by atomic mass is 35.5. The topological polar surface area (TPSA) is 68.7 Å². The van der Waals surface area contributed by atoms with Crippen LogP contribution in [0.3, 0.4) is 0 Å². The molecular formula is C20H24ClNO4. The molecule has 2 heterocycles. The number of aromatic nitrogens is 1. The molecule has 1 aliphatic heterocycles. The molecule has 2 unspecified atom stereocenters. The molecule has 5 nitrogen and oxygen atoms in total. The first-order valence-electron chi connectivity index (χ1n) is 8.96. The Morgan fingerprint density at radius 3 is 3.04 bits per heavy atom. The third-order valence-corrected chi connectivity index (χ3v) is 5.13. The fourth-order valence-electron chi connectivity index (χ4n) is 3.22. The van der Waals surface area contributed by atoms with Crippen LogP contribution >= 0.6 is 11.6 Å². The van der Waals surface area contributed by atoms with Gasteiger partial charge in [0.25, 0.3) is 0 Å². The molecule has 140 valence electrons. The van der Waals surface area contributed by atoms with Crippen molar-refractivity contribution in [1.82, 2.24) is 4.98 Å². The summed E-state index contributed by atoms with van der Waals surface area (Å²) in [6.07, 6.45) is 9.57. The highest BCUT2D eigenvalue weighted by Crippen LogP contribution is 2.42. The number of alkyl halides is 1. The van der Waals surface area contributed by atoms with Crippen molar-refractivity contribution in [3.63, 3.8) is 0 Å². The van der Waals surface area contributed by atoms with Gasteiger partial charge in [-0.05, 0) is 31.8 Å². The zero-order valence-corrected chi connectivity index (χ0v) is 15.8. The van der Waals surface area contributed by atoms with E-state index in [0.29, 0.717) is 30.9 Å². The number of hydrogen-bond acceptors (Lipinski definition) is 5. The summed E-state index contributed by atoms with van der Waals surface area (Å²) in [5.74, 6) is -0.0800. The smallest absolute Gasteiger partial charge is 0.314 e. The molecule has 1 aromatic rings. The first-order valence-corrected chi connectivity index (χ1v) is 9.39. The van der Waals surface area contributed by atoms with Crippen molar-refractivity contribution in [3.05, 3.63) is 46.8 Å². The molecule has 1 aromatic heterocycles. The van der Waals surface area contributed by atoms with E-state index in [4.69, 9.17) is 26.2 Å². The Kier molecular flexibility index (Phi) is 6.12. The maximum absolute atomic E-state index is 12.4. The van der Waals surface area contributed by atoms with Gasteiger partial charge in [0.05, 0.1) is 23.6 Å². The number of allylic oxidation sites excluding steroid dienone is 2. The Morgan fingerprint density at radius 2 is 2.35 bits per heavy atom. The van der Waals surface area contributed by atoms with Crippen LogP contribution in [0.25, 0.3) is 0 Å². The van der Waals surface area contributed by atoms with Crippen LogP contribution in [0.4, 0.5) is 0 Å². The van der Waals surface area contributed by atoms with Crippen LogP contribution in [0, 0.1) is 12.8 Å². The van der Waals surface area contributed by atoms with Crippen molar-refractivity contribution in [2.45, 2.75) is 51.2 Å². The summed E-state index contributed by atoms with van der Waals surface area (Å²) in [7, 11) is 0. The molecule has 0 bridgehead atoms. The van der Waals surface area contributed by atoms with Crippen molar-refractivity contribution in [2.24, 2.45) is 5.92 Å². The van der Waals surface area contributed by atoms with E-state index in [1.54, 1.807) is 6.20 Å². The third-order valence-electron chi connectivity index (χ3n) is 4.80. The van der Waals surface area contributed by atoms with Crippen LogP contribution in [0.5, 0.6) is 5.75 Å². The van der Waals surface area contributed by atoms with E-state index >= 15 is 0 Å². The molecule has 26 heavy (non-hydrogen) atoms. The first kappa shape index (κ1) is 19.1.